The maximum absolute atomic E-state index is 12.9. The summed E-state index contributed by atoms with van der Waals surface area (Å²) in [6.07, 6.45) is 0.973. The van der Waals surface area contributed by atoms with Crippen LogP contribution >= 0.6 is 11.8 Å². The lowest BCUT2D eigenvalue weighted by Gasteiger charge is -2.37. The molecule has 6 heteroatoms. The van der Waals surface area contributed by atoms with Gasteiger partial charge in [0.15, 0.2) is 0 Å². The van der Waals surface area contributed by atoms with Crippen LogP contribution in [0.5, 0.6) is 0 Å². The van der Waals surface area contributed by atoms with Crippen molar-refractivity contribution < 1.29 is 9.59 Å². The van der Waals surface area contributed by atoms with Gasteiger partial charge in [0.2, 0.25) is 11.8 Å². The Hall–Kier alpha value is -2.73. The molecule has 2 aliphatic rings. The van der Waals surface area contributed by atoms with E-state index in [2.05, 4.69) is 23.6 Å². The van der Waals surface area contributed by atoms with Crippen molar-refractivity contribution >= 4 is 23.6 Å². The molecule has 2 amide bonds. The molecule has 2 aromatic rings. The summed E-state index contributed by atoms with van der Waals surface area (Å²) >= 11 is 1.69. The topological polar surface area (TPSA) is 66.6 Å². The number of primary amides is 1. The molecule has 0 bridgehead atoms. The van der Waals surface area contributed by atoms with Crippen LogP contribution in [-0.2, 0) is 4.79 Å². The second-order valence-electron chi connectivity index (χ2n) is 7.92. The van der Waals surface area contributed by atoms with Crippen molar-refractivity contribution in [2.75, 3.05) is 31.9 Å². The zero-order valence-electron chi connectivity index (χ0n) is 17.0. The molecule has 30 heavy (non-hydrogen) atoms. The summed E-state index contributed by atoms with van der Waals surface area (Å²) in [6, 6.07) is 17.7. The number of carbonyl (C=O) groups excluding carboxylic acids is 2. The van der Waals surface area contributed by atoms with Crippen LogP contribution in [0, 0.1) is 5.92 Å². The van der Waals surface area contributed by atoms with Crippen molar-refractivity contribution in [3.05, 3.63) is 78.0 Å². The number of amides is 2. The predicted octanol–water partition coefficient (Wildman–Crippen LogP) is 3.34. The monoisotopic (exact) mass is 421 g/mol. The number of thioether (sulfide) groups is 1. The molecule has 4 rings (SSSR count). The van der Waals surface area contributed by atoms with E-state index in [1.807, 2.05) is 35.2 Å². The largest absolute Gasteiger partial charge is 0.371 e. The van der Waals surface area contributed by atoms with Gasteiger partial charge in [0.05, 0.1) is 0 Å². The number of piperazine rings is 1. The molecule has 0 aromatic heterocycles. The number of nitrogens with two attached hydrogens (primary N) is 1. The first-order chi connectivity index (χ1) is 14.5. The average Bonchev–Trinajstić information content (AvgIpc) is 3.59. The van der Waals surface area contributed by atoms with Crippen LogP contribution in [-0.4, -0.2) is 53.5 Å². The van der Waals surface area contributed by atoms with Crippen LogP contribution in [0.1, 0.15) is 28.3 Å². The first-order valence-corrected chi connectivity index (χ1v) is 11.3. The van der Waals surface area contributed by atoms with E-state index in [0.29, 0.717) is 17.4 Å². The standard InChI is InChI=1S/C24H27N3O2S/c1-17(16-30-20-9-7-19(8-10-20)23(25)28)26-11-13-27(14-12-26)24(29)22-15-21(22)18-5-3-2-4-6-18/h2-10,21-22H,1,11-16H2,(H2,25,28)/t21-,22+/m0/s1. The lowest BCUT2D eigenvalue weighted by molar-refractivity contribution is -0.134. The van der Waals surface area contributed by atoms with Gasteiger partial charge in [0.1, 0.15) is 0 Å². The van der Waals surface area contributed by atoms with Crippen LogP contribution in [0.2, 0.25) is 0 Å². The molecule has 2 N–H and O–H groups in total. The molecule has 1 aliphatic heterocycles. The van der Waals surface area contributed by atoms with Crippen LogP contribution in [0.25, 0.3) is 0 Å². The quantitative estimate of drug-likeness (QED) is 0.697. The molecular weight excluding hydrogens is 394 g/mol. The summed E-state index contributed by atoms with van der Waals surface area (Å²) < 4.78 is 0. The van der Waals surface area contributed by atoms with Crippen LogP contribution in [0.15, 0.2) is 71.8 Å². The SMILES string of the molecule is C=C(CSc1ccc(C(N)=O)cc1)N1CCN(C(=O)[C@@H]2C[C@H]2c2ccccc2)CC1. The highest BCUT2D eigenvalue weighted by molar-refractivity contribution is 7.99. The number of carbonyl (C=O) groups is 2. The lowest BCUT2D eigenvalue weighted by Crippen LogP contribution is -2.48. The third-order valence-corrected chi connectivity index (χ3v) is 7.00. The fourth-order valence-electron chi connectivity index (χ4n) is 3.99. The Balaban J connectivity index is 1.22. The summed E-state index contributed by atoms with van der Waals surface area (Å²) in [5, 5.41) is 0. The molecule has 0 unspecified atom stereocenters. The summed E-state index contributed by atoms with van der Waals surface area (Å²) in [7, 11) is 0. The fourth-order valence-corrected chi connectivity index (χ4v) is 4.83. The van der Waals surface area contributed by atoms with E-state index >= 15 is 0 Å². The van der Waals surface area contributed by atoms with Gasteiger partial charge < -0.3 is 15.5 Å². The molecule has 2 atom stereocenters. The minimum atomic E-state index is -0.412. The Morgan fingerprint density at radius 1 is 0.967 bits per heavy atom. The molecule has 2 fully saturated rings. The Morgan fingerprint density at radius 3 is 2.23 bits per heavy atom. The Kier molecular flexibility index (Phi) is 6.13. The van der Waals surface area contributed by atoms with Gasteiger partial charge >= 0.3 is 0 Å². The molecular formula is C24H27N3O2S. The van der Waals surface area contributed by atoms with E-state index in [0.717, 1.165) is 48.9 Å². The number of benzene rings is 2. The van der Waals surface area contributed by atoms with Crippen LogP contribution in [0.4, 0.5) is 0 Å². The van der Waals surface area contributed by atoms with Gasteiger partial charge in [-0.2, -0.15) is 0 Å². The van der Waals surface area contributed by atoms with Crippen molar-refractivity contribution in [2.24, 2.45) is 11.7 Å². The predicted molar refractivity (Wildman–Crippen MR) is 120 cm³/mol. The minimum absolute atomic E-state index is 0.154. The van der Waals surface area contributed by atoms with Gasteiger partial charge in [-0.1, -0.05) is 36.9 Å². The smallest absolute Gasteiger partial charge is 0.248 e. The van der Waals surface area contributed by atoms with Gasteiger partial charge in [-0.05, 0) is 42.2 Å². The van der Waals surface area contributed by atoms with Gasteiger partial charge in [-0.3, -0.25) is 9.59 Å². The van der Waals surface area contributed by atoms with Gasteiger partial charge in [0, 0.05) is 54.0 Å². The summed E-state index contributed by atoms with van der Waals surface area (Å²) in [5.41, 5.74) is 8.15. The summed E-state index contributed by atoms with van der Waals surface area (Å²) in [6.45, 7) is 7.41. The second-order valence-corrected chi connectivity index (χ2v) is 8.96. The van der Waals surface area contributed by atoms with E-state index in [1.54, 1.807) is 23.9 Å². The Labute approximate surface area is 181 Å². The first-order valence-electron chi connectivity index (χ1n) is 10.3. The number of nitrogens with zero attached hydrogens (tertiary/aromatic N) is 2. The molecule has 156 valence electrons. The number of rotatable bonds is 7. The molecule has 0 spiro atoms. The van der Waals surface area contributed by atoms with Crippen molar-refractivity contribution in [3.63, 3.8) is 0 Å². The highest BCUT2D eigenvalue weighted by Crippen LogP contribution is 2.48. The number of hydrogen-bond donors (Lipinski definition) is 1. The summed E-state index contributed by atoms with van der Waals surface area (Å²) in [5.74, 6) is 1.22. The molecule has 1 saturated carbocycles. The zero-order chi connectivity index (χ0) is 21.1. The minimum Gasteiger partial charge on any atom is -0.371 e. The zero-order valence-corrected chi connectivity index (χ0v) is 17.8. The first kappa shape index (κ1) is 20.5. The molecule has 1 heterocycles. The molecule has 5 nitrogen and oxygen atoms in total. The lowest BCUT2D eigenvalue weighted by atomic mass is 10.1. The molecule has 1 saturated heterocycles. The van der Waals surface area contributed by atoms with Crippen molar-refractivity contribution in [2.45, 2.75) is 17.2 Å². The van der Waals surface area contributed by atoms with E-state index in [9.17, 15) is 9.59 Å². The molecule has 0 radical (unpaired) electrons. The van der Waals surface area contributed by atoms with Crippen LogP contribution < -0.4 is 5.73 Å². The molecule has 2 aromatic carbocycles. The fraction of sp³-hybridized carbons (Fsp3) is 0.333. The second kappa shape index (κ2) is 8.96. The van der Waals surface area contributed by atoms with E-state index in [1.165, 1.54) is 5.56 Å². The highest BCUT2D eigenvalue weighted by atomic mass is 32.2. The van der Waals surface area contributed by atoms with Gasteiger partial charge in [0.25, 0.3) is 0 Å². The molecule has 1 aliphatic carbocycles. The normalized spacial score (nSPS) is 20.7. The third kappa shape index (κ3) is 4.70. The maximum atomic E-state index is 12.9. The van der Waals surface area contributed by atoms with Gasteiger partial charge in [-0.15, -0.1) is 11.8 Å². The van der Waals surface area contributed by atoms with Crippen molar-refractivity contribution in [3.8, 4) is 0 Å². The highest BCUT2D eigenvalue weighted by Gasteiger charge is 2.45. The number of hydrogen-bond acceptors (Lipinski definition) is 4. The van der Waals surface area contributed by atoms with E-state index in [4.69, 9.17) is 5.73 Å². The van der Waals surface area contributed by atoms with E-state index < -0.39 is 5.91 Å². The van der Waals surface area contributed by atoms with Crippen LogP contribution in [0.3, 0.4) is 0 Å². The third-order valence-electron chi connectivity index (χ3n) is 5.92. The van der Waals surface area contributed by atoms with E-state index in [-0.39, 0.29) is 5.92 Å². The Morgan fingerprint density at radius 2 is 1.60 bits per heavy atom. The van der Waals surface area contributed by atoms with Crippen molar-refractivity contribution in [1.82, 2.24) is 9.80 Å². The summed E-state index contributed by atoms with van der Waals surface area (Å²) in [4.78, 5) is 29.4. The average molecular weight is 422 g/mol. The van der Waals surface area contributed by atoms with Gasteiger partial charge in [-0.25, -0.2) is 0 Å². The Bertz CT molecular complexity index is 921. The van der Waals surface area contributed by atoms with Crippen molar-refractivity contribution in [1.29, 1.82) is 0 Å². The maximum Gasteiger partial charge on any atom is 0.248 e.